The predicted octanol–water partition coefficient (Wildman–Crippen LogP) is 3.23. The van der Waals surface area contributed by atoms with Crippen molar-refractivity contribution in [3.05, 3.63) is 58.0 Å². The van der Waals surface area contributed by atoms with Crippen LogP contribution in [0.4, 0.5) is 14.5 Å². The third-order valence-electron chi connectivity index (χ3n) is 6.46. The predicted molar refractivity (Wildman–Crippen MR) is 121 cm³/mol. The Bertz CT molecular complexity index is 1380. The lowest BCUT2D eigenvalue weighted by atomic mass is 10.0. The number of piperazine rings is 1. The molecule has 2 aromatic heterocycles. The molecule has 2 aliphatic rings. The molecule has 176 valence electrons. The Morgan fingerprint density at radius 2 is 1.88 bits per heavy atom. The molecule has 0 bridgehead atoms. The minimum Gasteiger partial charge on any atom is -0.395 e. The van der Waals surface area contributed by atoms with Crippen molar-refractivity contribution in [1.82, 2.24) is 14.5 Å². The molecule has 4 heterocycles. The van der Waals surface area contributed by atoms with Gasteiger partial charge in [0.15, 0.2) is 11.5 Å². The van der Waals surface area contributed by atoms with Crippen LogP contribution in [0, 0.1) is 11.3 Å². The number of hydrogen-bond donors (Lipinski definition) is 0. The number of halogens is 2. The van der Waals surface area contributed by atoms with Crippen molar-refractivity contribution in [2.45, 2.75) is 38.8 Å². The van der Waals surface area contributed by atoms with Crippen molar-refractivity contribution in [3.63, 3.8) is 0 Å². The molecule has 0 radical (unpaired) electrons. The maximum atomic E-state index is 13.3. The van der Waals surface area contributed by atoms with Crippen LogP contribution in [0.15, 0.2) is 41.2 Å². The minimum absolute atomic E-state index is 0.0294. The Kier molecular flexibility index (Phi) is 5.17. The van der Waals surface area contributed by atoms with Gasteiger partial charge < -0.3 is 18.9 Å². The van der Waals surface area contributed by atoms with E-state index in [2.05, 4.69) is 44.2 Å². The summed E-state index contributed by atoms with van der Waals surface area (Å²) in [6, 6.07) is 12.0. The van der Waals surface area contributed by atoms with Crippen molar-refractivity contribution < 1.29 is 18.3 Å². The number of anilines is 1. The molecule has 1 unspecified atom stereocenters. The Labute approximate surface area is 194 Å². The maximum absolute atomic E-state index is 13.3. The maximum Gasteiger partial charge on any atom is 0.586 e. The highest BCUT2D eigenvalue weighted by Gasteiger charge is 2.43. The molecule has 5 rings (SSSR count). The highest BCUT2D eigenvalue weighted by molar-refractivity contribution is 5.89. The van der Waals surface area contributed by atoms with Crippen LogP contribution in [0.1, 0.15) is 25.1 Å². The van der Waals surface area contributed by atoms with Gasteiger partial charge in [-0.3, -0.25) is 9.69 Å². The number of rotatable bonds is 3. The normalized spacial score (nSPS) is 21.6. The van der Waals surface area contributed by atoms with Crippen LogP contribution in [0.5, 0.6) is 11.5 Å². The first-order valence-corrected chi connectivity index (χ1v) is 11.0. The minimum atomic E-state index is -3.64. The molecule has 0 saturated carbocycles. The van der Waals surface area contributed by atoms with Gasteiger partial charge in [0.2, 0.25) is 0 Å². The van der Waals surface area contributed by atoms with Crippen LogP contribution in [0.2, 0.25) is 0 Å². The van der Waals surface area contributed by atoms with Gasteiger partial charge in [-0.05, 0) is 43.7 Å². The summed E-state index contributed by atoms with van der Waals surface area (Å²) in [5.74, 6) is 0.0644. The average molecular weight is 467 g/mol. The third-order valence-corrected chi connectivity index (χ3v) is 6.46. The summed E-state index contributed by atoms with van der Waals surface area (Å²) in [6.45, 7) is 6.01. The first kappa shape index (κ1) is 22.1. The van der Waals surface area contributed by atoms with Crippen LogP contribution >= 0.6 is 0 Å². The first-order chi connectivity index (χ1) is 16.1. The van der Waals surface area contributed by atoms with Gasteiger partial charge in [-0.15, -0.1) is 8.78 Å². The second-order valence-corrected chi connectivity index (χ2v) is 8.83. The molecule has 0 spiro atoms. The summed E-state index contributed by atoms with van der Waals surface area (Å²) < 4.78 is 37.3. The number of nitrogens with zero attached hydrogens (tertiary/aromatic N) is 5. The molecule has 1 fully saturated rings. The van der Waals surface area contributed by atoms with E-state index in [1.165, 1.54) is 10.6 Å². The Hall–Kier alpha value is -3.71. The molecule has 2 atom stereocenters. The highest BCUT2D eigenvalue weighted by Crippen LogP contribution is 2.41. The highest BCUT2D eigenvalue weighted by atomic mass is 19.3. The third kappa shape index (κ3) is 3.82. The summed E-state index contributed by atoms with van der Waals surface area (Å²) in [5, 5.41) is 9.32. The fourth-order valence-electron chi connectivity index (χ4n) is 4.67. The first-order valence-electron chi connectivity index (χ1n) is 11.0. The number of fused-ring (bicyclic) bond motifs is 2. The summed E-state index contributed by atoms with van der Waals surface area (Å²) in [5.41, 5.74) is 2.98. The molecule has 0 N–H and O–H groups in total. The van der Waals surface area contributed by atoms with Gasteiger partial charge >= 0.3 is 6.29 Å². The van der Waals surface area contributed by atoms with E-state index in [9.17, 15) is 18.8 Å². The second-order valence-electron chi connectivity index (χ2n) is 8.83. The van der Waals surface area contributed by atoms with Crippen LogP contribution < -0.4 is 19.9 Å². The number of hydrogen-bond acceptors (Lipinski definition) is 7. The summed E-state index contributed by atoms with van der Waals surface area (Å²) in [6.07, 6.45) is -3.64. The van der Waals surface area contributed by atoms with Crippen molar-refractivity contribution in [2.24, 2.45) is 7.05 Å². The zero-order chi connectivity index (χ0) is 24.2. The Morgan fingerprint density at radius 1 is 1.12 bits per heavy atom. The Morgan fingerprint density at radius 3 is 2.65 bits per heavy atom. The molecule has 1 saturated heterocycles. The number of aromatic nitrogens is 2. The van der Waals surface area contributed by atoms with E-state index in [4.69, 9.17) is 0 Å². The fourth-order valence-corrected chi connectivity index (χ4v) is 4.67. The second kappa shape index (κ2) is 7.95. The molecule has 2 aliphatic heterocycles. The van der Waals surface area contributed by atoms with Gasteiger partial charge in [0.05, 0.1) is 11.2 Å². The number of ether oxygens (including phenoxy) is 2. The van der Waals surface area contributed by atoms with Crippen molar-refractivity contribution in [3.8, 4) is 17.6 Å². The molecule has 0 aliphatic carbocycles. The lowest BCUT2D eigenvalue weighted by Gasteiger charge is -2.45. The molecule has 10 heteroatoms. The Balaban J connectivity index is 1.41. The molecular formula is C24H23F2N5O3. The van der Waals surface area contributed by atoms with E-state index in [1.807, 2.05) is 0 Å². The standard InChI is InChI=1S/C24H23F2N5O3/c1-14-12-31(19-9-22(32)29(3)18-6-5-17(10-27)28-23(18)19)15(2)11-30(14)13-16-4-7-20-21(8-16)34-24(25,26)33-20/h4-9,14-15H,11-13H2,1-3H3/t14?,15-/m0/s1. The fraction of sp³-hybridized carbons (Fsp3) is 0.375. The quantitative estimate of drug-likeness (QED) is 0.585. The van der Waals surface area contributed by atoms with Gasteiger partial charge in [-0.1, -0.05) is 6.07 Å². The SMILES string of the molecule is CC1CN(c2cc(=O)n(C)c3ccc(C#N)nc23)[C@@H](C)CN1Cc1ccc2c(c1)OC(F)(F)O2. The number of pyridine rings is 2. The van der Waals surface area contributed by atoms with Crippen molar-refractivity contribution >= 4 is 16.7 Å². The monoisotopic (exact) mass is 467 g/mol. The molecule has 8 nitrogen and oxygen atoms in total. The zero-order valence-electron chi connectivity index (χ0n) is 19.0. The van der Waals surface area contributed by atoms with E-state index in [0.29, 0.717) is 42.0 Å². The largest absolute Gasteiger partial charge is 0.586 e. The smallest absolute Gasteiger partial charge is 0.395 e. The number of nitriles is 1. The molecule has 3 aromatic rings. The van der Waals surface area contributed by atoms with Gasteiger partial charge in [-0.2, -0.15) is 5.26 Å². The van der Waals surface area contributed by atoms with Gasteiger partial charge in [0.1, 0.15) is 17.3 Å². The summed E-state index contributed by atoms with van der Waals surface area (Å²) >= 11 is 0. The number of benzene rings is 1. The lowest BCUT2D eigenvalue weighted by Crippen LogP contribution is -2.56. The molecule has 0 amide bonds. The van der Waals surface area contributed by atoms with E-state index in [0.717, 1.165) is 5.56 Å². The topological polar surface area (TPSA) is 83.6 Å². The molecular weight excluding hydrogens is 444 g/mol. The molecule has 34 heavy (non-hydrogen) atoms. The van der Waals surface area contributed by atoms with Crippen LogP contribution in [0.25, 0.3) is 11.0 Å². The summed E-state index contributed by atoms with van der Waals surface area (Å²) in [4.78, 5) is 21.6. The zero-order valence-corrected chi connectivity index (χ0v) is 19.0. The van der Waals surface area contributed by atoms with Crippen LogP contribution in [-0.4, -0.2) is 45.9 Å². The van der Waals surface area contributed by atoms with Crippen LogP contribution in [-0.2, 0) is 13.6 Å². The van der Waals surface area contributed by atoms with Gasteiger partial charge in [0.25, 0.3) is 5.56 Å². The van der Waals surface area contributed by atoms with Crippen molar-refractivity contribution in [1.29, 1.82) is 5.26 Å². The summed E-state index contributed by atoms with van der Waals surface area (Å²) in [7, 11) is 1.69. The van der Waals surface area contributed by atoms with Gasteiger partial charge in [-0.25, -0.2) is 4.98 Å². The van der Waals surface area contributed by atoms with Crippen LogP contribution in [0.3, 0.4) is 0 Å². The van der Waals surface area contributed by atoms with E-state index < -0.39 is 6.29 Å². The average Bonchev–Trinajstić information content (AvgIpc) is 3.11. The van der Waals surface area contributed by atoms with Gasteiger partial charge in [0, 0.05) is 44.8 Å². The van der Waals surface area contributed by atoms with E-state index in [1.54, 1.807) is 37.4 Å². The van der Waals surface area contributed by atoms with E-state index in [-0.39, 0.29) is 29.1 Å². The lowest BCUT2D eigenvalue weighted by molar-refractivity contribution is -0.286. The number of aryl methyl sites for hydroxylation is 1. The van der Waals surface area contributed by atoms with E-state index >= 15 is 0 Å². The van der Waals surface area contributed by atoms with Crippen molar-refractivity contribution in [2.75, 3.05) is 18.0 Å². The number of alkyl halides is 2. The molecule has 1 aromatic carbocycles.